The predicted molar refractivity (Wildman–Crippen MR) is 170 cm³/mol. The number of hydrogen-bond acceptors (Lipinski definition) is 7. The Hall–Kier alpha value is -3.99. The SMILES string of the molecule is C[C@@H]1CN(c2c(CO[Si](c3ccccc3)(c3ccccc3)C(C)(C)C)cc(/C(=N/O)c3cccnn3)c(F)c2F)C[C@H](C)O1. The maximum Gasteiger partial charge on any atom is 0.261 e. The quantitative estimate of drug-likeness (QED) is 0.119. The Morgan fingerprint density at radius 1 is 0.955 bits per heavy atom. The molecule has 0 saturated carbocycles. The number of rotatable bonds is 8. The summed E-state index contributed by atoms with van der Waals surface area (Å²) in [6.45, 7) is 11.0. The number of benzene rings is 3. The first-order chi connectivity index (χ1) is 21.1. The second kappa shape index (κ2) is 12.9. The second-order valence-corrected chi connectivity index (χ2v) is 16.5. The summed E-state index contributed by atoms with van der Waals surface area (Å²) in [6, 6.07) is 24.9. The van der Waals surface area contributed by atoms with E-state index < -0.39 is 20.0 Å². The summed E-state index contributed by atoms with van der Waals surface area (Å²) in [5.74, 6) is -2.19. The summed E-state index contributed by atoms with van der Waals surface area (Å²) in [5, 5.41) is 22.9. The van der Waals surface area contributed by atoms with Gasteiger partial charge in [0.15, 0.2) is 11.6 Å². The highest BCUT2D eigenvalue weighted by Gasteiger charge is 2.50. The molecule has 1 saturated heterocycles. The summed E-state index contributed by atoms with van der Waals surface area (Å²) in [4.78, 5) is 1.82. The third kappa shape index (κ3) is 6.02. The van der Waals surface area contributed by atoms with Crippen LogP contribution < -0.4 is 15.3 Å². The molecule has 10 heteroatoms. The van der Waals surface area contributed by atoms with Crippen LogP contribution in [0.2, 0.25) is 5.04 Å². The second-order valence-electron chi connectivity index (χ2n) is 12.2. The van der Waals surface area contributed by atoms with Crippen LogP contribution in [0, 0.1) is 11.6 Å². The molecular formula is C34H38F2N4O3Si. The molecule has 1 fully saturated rings. The van der Waals surface area contributed by atoms with Gasteiger partial charge in [0.25, 0.3) is 8.32 Å². The molecule has 0 amide bonds. The number of aromatic nitrogens is 2. The molecule has 230 valence electrons. The Labute approximate surface area is 258 Å². The minimum Gasteiger partial charge on any atom is -0.410 e. The van der Waals surface area contributed by atoms with E-state index in [4.69, 9.17) is 9.16 Å². The number of halogens is 2. The van der Waals surface area contributed by atoms with Gasteiger partial charge in [-0.25, -0.2) is 8.78 Å². The summed E-state index contributed by atoms with van der Waals surface area (Å²) in [7, 11) is -3.04. The van der Waals surface area contributed by atoms with E-state index in [0.717, 1.165) is 10.4 Å². The van der Waals surface area contributed by atoms with Gasteiger partial charge < -0.3 is 19.3 Å². The molecule has 0 bridgehead atoms. The topological polar surface area (TPSA) is 80.1 Å². The van der Waals surface area contributed by atoms with Crippen LogP contribution >= 0.6 is 0 Å². The number of ether oxygens (including phenoxy) is 1. The van der Waals surface area contributed by atoms with Gasteiger partial charge in [-0.1, -0.05) is 86.6 Å². The zero-order valence-corrected chi connectivity index (χ0v) is 26.7. The minimum atomic E-state index is -3.04. The monoisotopic (exact) mass is 616 g/mol. The zero-order valence-electron chi connectivity index (χ0n) is 25.7. The molecule has 1 N–H and O–H groups in total. The van der Waals surface area contributed by atoms with Crippen molar-refractivity contribution in [3.63, 3.8) is 0 Å². The summed E-state index contributed by atoms with van der Waals surface area (Å²) in [5.41, 5.74) is 0.190. The zero-order chi connectivity index (χ0) is 31.5. The van der Waals surface area contributed by atoms with Crippen LogP contribution in [0.15, 0.2) is 90.2 Å². The van der Waals surface area contributed by atoms with E-state index in [1.54, 1.807) is 6.07 Å². The maximum atomic E-state index is 16.4. The molecule has 1 aliphatic heterocycles. The molecule has 1 aromatic heterocycles. The normalized spacial score (nSPS) is 18.0. The Morgan fingerprint density at radius 3 is 2.05 bits per heavy atom. The minimum absolute atomic E-state index is 0.0217. The van der Waals surface area contributed by atoms with E-state index in [-0.39, 0.29) is 46.5 Å². The number of morpholine rings is 1. The number of oxime groups is 1. The first kappa shape index (κ1) is 31.4. The average Bonchev–Trinajstić information content (AvgIpc) is 3.00. The van der Waals surface area contributed by atoms with Crippen molar-refractivity contribution < 1.29 is 23.2 Å². The summed E-state index contributed by atoms with van der Waals surface area (Å²) < 4.78 is 45.5. The van der Waals surface area contributed by atoms with Crippen LogP contribution in [-0.4, -0.2) is 54.7 Å². The van der Waals surface area contributed by atoms with Crippen molar-refractivity contribution in [2.45, 2.75) is 58.5 Å². The van der Waals surface area contributed by atoms with Crippen LogP contribution in [-0.2, 0) is 15.8 Å². The van der Waals surface area contributed by atoms with Gasteiger partial charge in [0.05, 0.1) is 24.5 Å². The van der Waals surface area contributed by atoms with Crippen LogP contribution in [0.25, 0.3) is 0 Å². The fourth-order valence-corrected chi connectivity index (χ4v) is 10.8. The lowest BCUT2D eigenvalue weighted by atomic mass is 10.00. The van der Waals surface area contributed by atoms with E-state index in [9.17, 15) is 5.21 Å². The molecular weight excluding hydrogens is 578 g/mol. The fourth-order valence-electron chi connectivity index (χ4n) is 6.27. The Kier molecular flexibility index (Phi) is 9.24. The van der Waals surface area contributed by atoms with Gasteiger partial charge >= 0.3 is 0 Å². The van der Waals surface area contributed by atoms with Crippen LogP contribution in [0.3, 0.4) is 0 Å². The van der Waals surface area contributed by atoms with Gasteiger partial charge in [0.2, 0.25) is 0 Å². The molecule has 4 aromatic rings. The highest BCUT2D eigenvalue weighted by atomic mass is 28.4. The number of hydrogen-bond donors (Lipinski definition) is 1. The lowest BCUT2D eigenvalue weighted by molar-refractivity contribution is -0.00553. The van der Waals surface area contributed by atoms with Gasteiger partial charge in [0, 0.05) is 30.4 Å². The average molecular weight is 617 g/mol. The molecule has 2 heterocycles. The van der Waals surface area contributed by atoms with Crippen molar-refractivity contribution in [3.8, 4) is 0 Å². The molecule has 44 heavy (non-hydrogen) atoms. The van der Waals surface area contributed by atoms with E-state index in [1.807, 2.05) is 55.1 Å². The summed E-state index contributed by atoms with van der Waals surface area (Å²) in [6.07, 6.45) is 1.06. The molecule has 1 aliphatic rings. The number of anilines is 1. The van der Waals surface area contributed by atoms with E-state index in [2.05, 4.69) is 60.4 Å². The fraction of sp³-hybridized carbons (Fsp3) is 0.324. The van der Waals surface area contributed by atoms with Crippen LogP contribution in [0.5, 0.6) is 0 Å². The first-order valence-electron chi connectivity index (χ1n) is 14.7. The van der Waals surface area contributed by atoms with Gasteiger partial charge in [-0.15, -0.1) is 5.10 Å². The van der Waals surface area contributed by atoms with Crippen LogP contribution in [0.4, 0.5) is 14.5 Å². The standard InChI is InChI=1S/C34H38F2N4O3Si/c1-23-20-40(21-24(2)43-23)33-25(19-28(30(35)31(33)36)32(39-41)29-17-12-18-37-38-29)22-42-44(34(3,4)5,26-13-8-6-9-14-26)27-15-10-7-11-16-27/h6-19,23-24,41H,20-22H2,1-5H3/b39-32-/t23-,24+. The maximum absolute atomic E-state index is 16.4. The van der Waals surface area contributed by atoms with Crippen molar-refractivity contribution in [1.82, 2.24) is 10.2 Å². The van der Waals surface area contributed by atoms with Crippen molar-refractivity contribution >= 4 is 30.1 Å². The van der Waals surface area contributed by atoms with Crippen molar-refractivity contribution in [2.24, 2.45) is 5.16 Å². The van der Waals surface area contributed by atoms with E-state index in [1.165, 1.54) is 18.3 Å². The molecule has 5 rings (SSSR count). The molecule has 3 aromatic carbocycles. The summed E-state index contributed by atoms with van der Waals surface area (Å²) >= 11 is 0. The van der Waals surface area contributed by atoms with Crippen molar-refractivity contribution in [1.29, 1.82) is 0 Å². The lowest BCUT2D eigenvalue weighted by Crippen LogP contribution is -2.66. The number of nitrogens with zero attached hydrogens (tertiary/aromatic N) is 4. The van der Waals surface area contributed by atoms with Crippen molar-refractivity contribution in [3.05, 3.63) is 114 Å². The highest BCUT2D eigenvalue weighted by molar-refractivity contribution is 6.99. The van der Waals surface area contributed by atoms with Crippen molar-refractivity contribution in [2.75, 3.05) is 18.0 Å². The Morgan fingerprint density at radius 2 is 1.55 bits per heavy atom. The largest absolute Gasteiger partial charge is 0.410 e. The molecule has 0 unspecified atom stereocenters. The van der Waals surface area contributed by atoms with Gasteiger partial charge in [-0.2, -0.15) is 5.10 Å². The molecule has 0 radical (unpaired) electrons. The molecule has 2 atom stereocenters. The third-order valence-corrected chi connectivity index (χ3v) is 13.0. The van der Waals surface area contributed by atoms with Gasteiger partial charge in [-0.3, -0.25) is 0 Å². The van der Waals surface area contributed by atoms with E-state index >= 15 is 8.78 Å². The highest BCUT2D eigenvalue weighted by Crippen LogP contribution is 2.39. The smallest absolute Gasteiger partial charge is 0.261 e. The predicted octanol–water partition coefficient (Wildman–Crippen LogP) is 5.67. The molecule has 7 nitrogen and oxygen atoms in total. The lowest BCUT2D eigenvalue weighted by Gasteiger charge is -2.43. The Balaban J connectivity index is 1.70. The van der Waals surface area contributed by atoms with Gasteiger partial charge in [-0.05, 0) is 47.5 Å². The van der Waals surface area contributed by atoms with Gasteiger partial charge in [0.1, 0.15) is 11.4 Å². The van der Waals surface area contributed by atoms with E-state index in [0.29, 0.717) is 18.7 Å². The van der Waals surface area contributed by atoms with Crippen LogP contribution in [0.1, 0.15) is 51.4 Å². The third-order valence-electron chi connectivity index (χ3n) is 8.03. The first-order valence-corrected chi connectivity index (χ1v) is 16.6. The molecule has 0 aliphatic carbocycles. The Bertz CT molecular complexity index is 1550. The molecule has 0 spiro atoms.